The molecule has 0 bridgehead atoms. The summed E-state index contributed by atoms with van der Waals surface area (Å²) in [6, 6.07) is -0.388. The highest BCUT2D eigenvalue weighted by Crippen LogP contribution is 2.12. The topological polar surface area (TPSA) is 98.3 Å². The van der Waals surface area contributed by atoms with Crippen LogP contribution in [0, 0.1) is 0 Å². The molecule has 0 aliphatic rings. The fourth-order valence-electron chi connectivity index (χ4n) is 1.57. The maximum Gasteiger partial charge on any atom is 0.323 e. The second-order valence-corrected chi connectivity index (χ2v) is 5.17. The Labute approximate surface area is 112 Å². The Morgan fingerprint density at radius 1 is 1.47 bits per heavy atom. The standard InChI is InChI=1S/C12H20N4O3/c1-12(2,3)16(8-10(17)18)11(19)15-5-4-9-13-6-7-14-9/h6-7H,4-5,8H2,1-3H3,(H,13,14)(H,15,19)(H,17,18). The lowest BCUT2D eigenvalue weighted by Gasteiger charge is -2.34. The summed E-state index contributed by atoms with van der Waals surface area (Å²) in [5, 5.41) is 11.5. The van der Waals surface area contributed by atoms with E-state index in [0.29, 0.717) is 13.0 Å². The van der Waals surface area contributed by atoms with Crippen LogP contribution in [-0.2, 0) is 11.2 Å². The average molecular weight is 268 g/mol. The maximum atomic E-state index is 12.0. The van der Waals surface area contributed by atoms with Gasteiger partial charge in [-0.15, -0.1) is 0 Å². The lowest BCUT2D eigenvalue weighted by molar-refractivity contribution is -0.138. The van der Waals surface area contributed by atoms with Crippen molar-refractivity contribution in [1.29, 1.82) is 0 Å². The summed E-state index contributed by atoms with van der Waals surface area (Å²) in [4.78, 5) is 31.0. The van der Waals surface area contributed by atoms with Gasteiger partial charge in [0.1, 0.15) is 12.4 Å². The number of carbonyl (C=O) groups excluding carboxylic acids is 1. The highest BCUT2D eigenvalue weighted by atomic mass is 16.4. The second-order valence-electron chi connectivity index (χ2n) is 5.17. The molecule has 3 N–H and O–H groups in total. The number of rotatable bonds is 5. The van der Waals surface area contributed by atoms with Crippen LogP contribution in [0.5, 0.6) is 0 Å². The van der Waals surface area contributed by atoms with E-state index >= 15 is 0 Å². The fraction of sp³-hybridized carbons (Fsp3) is 0.583. The Morgan fingerprint density at radius 2 is 2.16 bits per heavy atom. The van der Waals surface area contributed by atoms with Crippen molar-refractivity contribution >= 4 is 12.0 Å². The first kappa shape index (κ1) is 15.0. The van der Waals surface area contributed by atoms with E-state index in [1.807, 2.05) is 0 Å². The third-order valence-corrected chi connectivity index (χ3v) is 2.54. The number of carbonyl (C=O) groups is 2. The molecule has 0 spiro atoms. The summed E-state index contributed by atoms with van der Waals surface area (Å²) in [5.41, 5.74) is -0.548. The predicted octanol–water partition coefficient (Wildman–Crippen LogP) is 0.847. The third-order valence-electron chi connectivity index (χ3n) is 2.54. The van der Waals surface area contributed by atoms with Crippen LogP contribution in [0.1, 0.15) is 26.6 Å². The van der Waals surface area contributed by atoms with Crippen molar-refractivity contribution in [1.82, 2.24) is 20.2 Å². The van der Waals surface area contributed by atoms with E-state index in [1.165, 1.54) is 4.90 Å². The Kier molecular flexibility index (Phi) is 4.91. The first-order chi connectivity index (χ1) is 8.80. The van der Waals surface area contributed by atoms with Gasteiger partial charge in [0.15, 0.2) is 0 Å². The molecule has 0 unspecified atom stereocenters. The number of hydrogen-bond acceptors (Lipinski definition) is 3. The lowest BCUT2D eigenvalue weighted by atomic mass is 10.1. The Bertz CT molecular complexity index is 423. The third kappa shape index (κ3) is 4.99. The van der Waals surface area contributed by atoms with Gasteiger partial charge in [-0.25, -0.2) is 9.78 Å². The zero-order valence-electron chi connectivity index (χ0n) is 11.4. The second kappa shape index (κ2) is 6.21. The molecule has 19 heavy (non-hydrogen) atoms. The molecule has 0 radical (unpaired) electrons. The molecule has 7 heteroatoms. The van der Waals surface area contributed by atoms with Gasteiger partial charge in [-0.05, 0) is 20.8 Å². The highest BCUT2D eigenvalue weighted by molar-refractivity contribution is 5.80. The molecule has 2 amide bonds. The molecule has 1 aromatic heterocycles. The van der Waals surface area contributed by atoms with Crippen molar-refractivity contribution in [2.24, 2.45) is 0 Å². The molecule has 1 heterocycles. The Morgan fingerprint density at radius 3 is 2.63 bits per heavy atom. The van der Waals surface area contributed by atoms with Gasteiger partial charge in [-0.1, -0.05) is 0 Å². The van der Waals surface area contributed by atoms with E-state index in [2.05, 4.69) is 15.3 Å². The fourth-order valence-corrected chi connectivity index (χ4v) is 1.57. The van der Waals surface area contributed by atoms with Crippen LogP contribution in [-0.4, -0.2) is 50.6 Å². The number of aliphatic carboxylic acids is 1. The SMILES string of the molecule is CC(C)(C)N(CC(=O)O)C(=O)NCCc1ncc[nH]1. The van der Waals surface area contributed by atoms with Crippen molar-refractivity contribution in [3.63, 3.8) is 0 Å². The van der Waals surface area contributed by atoms with Crippen LogP contribution in [0.2, 0.25) is 0 Å². The largest absolute Gasteiger partial charge is 0.480 e. The molecule has 0 atom stereocenters. The zero-order valence-corrected chi connectivity index (χ0v) is 11.4. The first-order valence-corrected chi connectivity index (χ1v) is 6.06. The number of nitrogens with one attached hydrogen (secondary N) is 2. The van der Waals surface area contributed by atoms with Crippen LogP contribution in [0.3, 0.4) is 0 Å². The molecular weight excluding hydrogens is 248 g/mol. The van der Waals surface area contributed by atoms with Crippen LogP contribution < -0.4 is 5.32 Å². The summed E-state index contributed by atoms with van der Waals surface area (Å²) in [6.45, 7) is 5.46. The van der Waals surface area contributed by atoms with Gasteiger partial charge in [0.2, 0.25) is 0 Å². The first-order valence-electron chi connectivity index (χ1n) is 6.06. The zero-order chi connectivity index (χ0) is 14.5. The van der Waals surface area contributed by atoms with Crippen molar-refractivity contribution in [3.05, 3.63) is 18.2 Å². The number of aromatic amines is 1. The monoisotopic (exact) mass is 268 g/mol. The number of urea groups is 1. The minimum Gasteiger partial charge on any atom is -0.480 e. The van der Waals surface area contributed by atoms with Crippen molar-refractivity contribution < 1.29 is 14.7 Å². The number of carboxylic acids is 1. The normalized spacial score (nSPS) is 11.1. The molecule has 7 nitrogen and oxygen atoms in total. The Balaban J connectivity index is 2.50. The number of nitrogens with zero attached hydrogens (tertiary/aromatic N) is 2. The molecular formula is C12H20N4O3. The number of hydrogen-bond donors (Lipinski definition) is 3. The summed E-state index contributed by atoms with van der Waals surface area (Å²) < 4.78 is 0. The number of carboxylic acid groups (broad SMARTS) is 1. The minimum atomic E-state index is -1.03. The summed E-state index contributed by atoms with van der Waals surface area (Å²) in [7, 11) is 0. The van der Waals surface area contributed by atoms with Crippen LogP contribution in [0.4, 0.5) is 4.79 Å². The van der Waals surface area contributed by atoms with Gasteiger partial charge >= 0.3 is 12.0 Å². The minimum absolute atomic E-state index is 0.323. The number of H-pyrrole nitrogens is 1. The smallest absolute Gasteiger partial charge is 0.323 e. The van der Waals surface area contributed by atoms with E-state index in [1.54, 1.807) is 33.2 Å². The van der Waals surface area contributed by atoms with Gasteiger partial charge in [0.05, 0.1) is 0 Å². The molecule has 0 saturated heterocycles. The molecule has 0 aliphatic heterocycles. The van der Waals surface area contributed by atoms with E-state index in [0.717, 1.165) is 5.82 Å². The van der Waals surface area contributed by atoms with Gasteiger partial charge in [0, 0.05) is 30.9 Å². The molecule has 0 saturated carbocycles. The van der Waals surface area contributed by atoms with Crippen molar-refractivity contribution in [3.8, 4) is 0 Å². The summed E-state index contributed by atoms with van der Waals surface area (Å²) in [5.74, 6) is -0.253. The summed E-state index contributed by atoms with van der Waals surface area (Å²) >= 11 is 0. The lowest BCUT2D eigenvalue weighted by Crippen LogP contribution is -2.52. The molecule has 1 rings (SSSR count). The Hall–Kier alpha value is -2.05. The molecule has 1 aromatic rings. The van der Waals surface area contributed by atoms with Crippen LogP contribution in [0.15, 0.2) is 12.4 Å². The van der Waals surface area contributed by atoms with Gasteiger partial charge in [-0.2, -0.15) is 0 Å². The van der Waals surface area contributed by atoms with Crippen molar-refractivity contribution in [2.75, 3.05) is 13.1 Å². The van der Waals surface area contributed by atoms with Gasteiger partial charge in [0.25, 0.3) is 0 Å². The highest BCUT2D eigenvalue weighted by Gasteiger charge is 2.28. The van der Waals surface area contributed by atoms with Gasteiger partial charge in [-0.3, -0.25) is 4.79 Å². The maximum absolute atomic E-state index is 12.0. The van der Waals surface area contributed by atoms with E-state index in [9.17, 15) is 9.59 Å². The molecule has 0 aliphatic carbocycles. The van der Waals surface area contributed by atoms with E-state index < -0.39 is 11.5 Å². The van der Waals surface area contributed by atoms with E-state index in [-0.39, 0.29) is 12.6 Å². The van der Waals surface area contributed by atoms with Gasteiger partial charge < -0.3 is 20.3 Å². The van der Waals surface area contributed by atoms with E-state index in [4.69, 9.17) is 5.11 Å². The summed E-state index contributed by atoms with van der Waals surface area (Å²) in [6.07, 6.45) is 3.93. The molecule has 0 aromatic carbocycles. The quantitative estimate of drug-likeness (QED) is 0.737. The van der Waals surface area contributed by atoms with Crippen LogP contribution >= 0.6 is 0 Å². The number of amides is 2. The number of imidazole rings is 1. The number of aromatic nitrogens is 2. The van der Waals surface area contributed by atoms with Crippen LogP contribution in [0.25, 0.3) is 0 Å². The molecule has 0 fully saturated rings. The molecule has 106 valence electrons. The predicted molar refractivity (Wildman–Crippen MR) is 69.8 cm³/mol. The average Bonchev–Trinajstić information content (AvgIpc) is 2.77. The van der Waals surface area contributed by atoms with Crippen molar-refractivity contribution in [2.45, 2.75) is 32.7 Å².